The van der Waals surface area contributed by atoms with Gasteiger partial charge in [-0.3, -0.25) is 4.79 Å². The van der Waals surface area contributed by atoms with Gasteiger partial charge >= 0.3 is 0 Å². The summed E-state index contributed by atoms with van der Waals surface area (Å²) in [4.78, 5) is 11.9. The van der Waals surface area contributed by atoms with Crippen LogP contribution in [-0.4, -0.2) is 58.2 Å². The number of carbonyl (C=O) groups excluding carboxylic acids is 1. The number of aliphatic hydroxyl groups excluding tert-OH is 3. The predicted molar refractivity (Wildman–Crippen MR) is 86.8 cm³/mol. The van der Waals surface area contributed by atoms with E-state index in [0.29, 0.717) is 25.8 Å². The van der Waals surface area contributed by atoms with E-state index in [9.17, 15) is 20.1 Å². The Morgan fingerprint density at radius 1 is 1.35 bits per heavy atom. The summed E-state index contributed by atoms with van der Waals surface area (Å²) >= 11 is 0. The van der Waals surface area contributed by atoms with Crippen LogP contribution in [-0.2, 0) is 11.2 Å². The minimum atomic E-state index is -1.14. The van der Waals surface area contributed by atoms with Crippen molar-refractivity contribution in [1.82, 2.24) is 10.6 Å². The first kappa shape index (κ1) is 17.9. The third-order valence-corrected chi connectivity index (χ3v) is 4.59. The van der Waals surface area contributed by atoms with Crippen LogP contribution in [0.1, 0.15) is 25.3 Å². The van der Waals surface area contributed by atoms with E-state index in [-0.39, 0.29) is 12.5 Å². The molecule has 0 radical (unpaired) electrons. The van der Waals surface area contributed by atoms with E-state index in [1.807, 2.05) is 30.3 Å². The van der Waals surface area contributed by atoms with Gasteiger partial charge < -0.3 is 26.0 Å². The summed E-state index contributed by atoms with van der Waals surface area (Å²) in [6, 6.07) is 9.21. The van der Waals surface area contributed by atoms with Gasteiger partial charge in [-0.25, -0.2) is 0 Å². The Labute approximate surface area is 136 Å². The van der Waals surface area contributed by atoms with E-state index in [2.05, 4.69) is 10.6 Å². The molecule has 0 spiro atoms. The summed E-state index contributed by atoms with van der Waals surface area (Å²) in [6.45, 7) is 1.78. The third kappa shape index (κ3) is 4.09. The minimum absolute atomic E-state index is 0.173. The lowest BCUT2D eigenvalue weighted by atomic mass is 9.78. The number of rotatable bonds is 6. The average Bonchev–Trinajstić information content (AvgIpc) is 2.58. The monoisotopic (exact) mass is 322 g/mol. The van der Waals surface area contributed by atoms with Gasteiger partial charge in [0.1, 0.15) is 6.10 Å². The first-order chi connectivity index (χ1) is 11.0. The molecular formula is C17H26N2O4. The molecular weight excluding hydrogens is 296 g/mol. The van der Waals surface area contributed by atoms with Gasteiger partial charge in [0.2, 0.25) is 5.91 Å². The first-order valence-electron chi connectivity index (χ1n) is 8.07. The van der Waals surface area contributed by atoms with E-state index in [0.717, 1.165) is 5.56 Å². The van der Waals surface area contributed by atoms with Crippen molar-refractivity contribution in [3.05, 3.63) is 35.9 Å². The number of carbonyl (C=O) groups is 1. The van der Waals surface area contributed by atoms with Crippen LogP contribution in [0, 0.1) is 0 Å². The molecule has 0 aliphatic carbocycles. The van der Waals surface area contributed by atoms with Gasteiger partial charge in [-0.2, -0.15) is 0 Å². The van der Waals surface area contributed by atoms with Crippen LogP contribution in [0.4, 0.5) is 0 Å². The smallest absolute Gasteiger partial charge is 0.220 e. The number of aliphatic hydroxyl groups is 3. The number of amides is 1. The van der Waals surface area contributed by atoms with Crippen LogP contribution in [0.3, 0.4) is 0 Å². The predicted octanol–water partition coefficient (Wildman–Crippen LogP) is -0.430. The van der Waals surface area contributed by atoms with E-state index in [1.165, 1.54) is 0 Å². The Bertz CT molecular complexity index is 511. The van der Waals surface area contributed by atoms with Crippen molar-refractivity contribution < 1.29 is 20.1 Å². The topological polar surface area (TPSA) is 102 Å². The van der Waals surface area contributed by atoms with Crippen molar-refractivity contribution in [3.8, 4) is 0 Å². The van der Waals surface area contributed by atoms with Crippen LogP contribution >= 0.6 is 0 Å². The number of benzene rings is 1. The molecule has 128 valence electrons. The molecule has 6 heteroatoms. The maximum atomic E-state index is 11.9. The number of hydrogen-bond acceptors (Lipinski definition) is 5. The lowest BCUT2D eigenvalue weighted by Gasteiger charge is -2.47. The van der Waals surface area contributed by atoms with E-state index < -0.39 is 23.8 Å². The van der Waals surface area contributed by atoms with Crippen molar-refractivity contribution in [1.29, 1.82) is 0 Å². The largest absolute Gasteiger partial charge is 0.395 e. The molecule has 6 nitrogen and oxygen atoms in total. The summed E-state index contributed by atoms with van der Waals surface area (Å²) < 4.78 is 0. The Hall–Kier alpha value is -1.47. The quantitative estimate of drug-likeness (QED) is 0.489. The molecule has 1 aromatic rings. The normalized spacial score (nSPS) is 30.9. The molecule has 2 rings (SSSR count). The SMILES string of the molecule is CCC(=O)N[C@@]1(CCc2ccccc2)CN[C@H](CO)[C@@H](O)[C@@H]1O. The van der Waals surface area contributed by atoms with E-state index in [1.54, 1.807) is 6.92 Å². The maximum Gasteiger partial charge on any atom is 0.220 e. The van der Waals surface area contributed by atoms with Crippen molar-refractivity contribution in [2.75, 3.05) is 13.2 Å². The molecule has 1 fully saturated rings. The molecule has 1 amide bonds. The van der Waals surface area contributed by atoms with Gasteiger partial charge in [-0.05, 0) is 18.4 Å². The second-order valence-electron chi connectivity index (χ2n) is 6.15. The van der Waals surface area contributed by atoms with Crippen LogP contribution < -0.4 is 10.6 Å². The molecule has 0 unspecified atom stereocenters. The number of aryl methyl sites for hydroxylation is 1. The van der Waals surface area contributed by atoms with Crippen LogP contribution in [0.15, 0.2) is 30.3 Å². The van der Waals surface area contributed by atoms with Gasteiger partial charge in [0.05, 0.1) is 24.3 Å². The third-order valence-electron chi connectivity index (χ3n) is 4.59. The Balaban J connectivity index is 2.17. The molecule has 1 heterocycles. The zero-order valence-corrected chi connectivity index (χ0v) is 13.4. The summed E-state index contributed by atoms with van der Waals surface area (Å²) in [5.74, 6) is -0.173. The molecule has 1 aliphatic rings. The summed E-state index contributed by atoms with van der Waals surface area (Å²) in [5.41, 5.74) is 0.150. The van der Waals surface area contributed by atoms with Gasteiger partial charge in [-0.1, -0.05) is 37.3 Å². The number of piperidine rings is 1. The fourth-order valence-electron chi connectivity index (χ4n) is 3.05. The number of hydrogen-bond donors (Lipinski definition) is 5. The zero-order chi connectivity index (χ0) is 16.9. The highest BCUT2D eigenvalue weighted by atomic mass is 16.3. The first-order valence-corrected chi connectivity index (χ1v) is 8.07. The molecule has 4 atom stereocenters. The Morgan fingerprint density at radius 2 is 2.04 bits per heavy atom. The standard InChI is InChI=1S/C17H26N2O4/c1-2-14(21)19-17(9-8-12-6-4-3-5-7-12)11-18-13(10-20)15(22)16(17)23/h3-7,13,15-16,18,20,22-23H,2,8-11H2,1H3,(H,19,21)/t13-,15-,16+,17+/m1/s1. The van der Waals surface area contributed by atoms with Gasteiger partial charge in [0.25, 0.3) is 0 Å². The lowest BCUT2D eigenvalue weighted by Crippen LogP contribution is -2.73. The maximum absolute atomic E-state index is 11.9. The average molecular weight is 322 g/mol. The highest BCUT2D eigenvalue weighted by Crippen LogP contribution is 2.26. The Morgan fingerprint density at radius 3 is 2.65 bits per heavy atom. The second kappa shape index (κ2) is 7.88. The summed E-state index contributed by atoms with van der Waals surface area (Å²) in [6.07, 6.45) is -0.812. The molecule has 23 heavy (non-hydrogen) atoms. The minimum Gasteiger partial charge on any atom is -0.395 e. The van der Waals surface area contributed by atoms with Crippen molar-refractivity contribution in [3.63, 3.8) is 0 Å². The van der Waals surface area contributed by atoms with Crippen molar-refractivity contribution in [2.24, 2.45) is 0 Å². The lowest BCUT2D eigenvalue weighted by molar-refractivity contribution is -0.131. The van der Waals surface area contributed by atoms with E-state index >= 15 is 0 Å². The molecule has 0 bridgehead atoms. The van der Waals surface area contributed by atoms with Gasteiger partial charge in [-0.15, -0.1) is 0 Å². The van der Waals surface area contributed by atoms with E-state index in [4.69, 9.17) is 0 Å². The molecule has 5 N–H and O–H groups in total. The summed E-state index contributed by atoms with van der Waals surface area (Å²) in [5, 5.41) is 36.0. The highest BCUT2D eigenvalue weighted by molar-refractivity contribution is 5.76. The van der Waals surface area contributed by atoms with Gasteiger partial charge in [0, 0.05) is 13.0 Å². The molecule has 1 saturated heterocycles. The zero-order valence-electron chi connectivity index (χ0n) is 13.4. The fraction of sp³-hybridized carbons (Fsp3) is 0.588. The van der Waals surface area contributed by atoms with Crippen molar-refractivity contribution in [2.45, 2.75) is 50.0 Å². The second-order valence-corrected chi connectivity index (χ2v) is 6.15. The molecule has 0 aromatic heterocycles. The molecule has 0 saturated carbocycles. The van der Waals surface area contributed by atoms with Crippen LogP contribution in [0.25, 0.3) is 0 Å². The Kier molecular flexibility index (Phi) is 6.12. The number of nitrogens with one attached hydrogen (secondary N) is 2. The van der Waals surface area contributed by atoms with Crippen LogP contribution in [0.5, 0.6) is 0 Å². The summed E-state index contributed by atoms with van der Waals surface area (Å²) in [7, 11) is 0. The van der Waals surface area contributed by atoms with Crippen LogP contribution in [0.2, 0.25) is 0 Å². The van der Waals surface area contributed by atoms with Gasteiger partial charge in [0.15, 0.2) is 0 Å². The van der Waals surface area contributed by atoms with Crippen molar-refractivity contribution >= 4 is 5.91 Å². The fourth-order valence-corrected chi connectivity index (χ4v) is 3.05. The molecule has 1 aromatic carbocycles. The molecule has 1 aliphatic heterocycles. The highest BCUT2D eigenvalue weighted by Gasteiger charge is 2.48.